The number of carbonyl (C=O) groups excluding carboxylic acids is 1. The predicted octanol–water partition coefficient (Wildman–Crippen LogP) is 4.05. The van der Waals surface area contributed by atoms with Crippen molar-refractivity contribution in [3.63, 3.8) is 0 Å². The van der Waals surface area contributed by atoms with E-state index in [0.29, 0.717) is 31.0 Å². The second-order valence-corrected chi connectivity index (χ2v) is 8.36. The number of H-pyrrole nitrogens is 1. The normalized spacial score (nSPS) is 16.2. The van der Waals surface area contributed by atoms with Gasteiger partial charge in [0.05, 0.1) is 11.8 Å². The van der Waals surface area contributed by atoms with Crippen LogP contribution in [0.25, 0.3) is 11.0 Å². The first-order valence-electron chi connectivity index (χ1n) is 11.2. The van der Waals surface area contributed by atoms with Crippen molar-refractivity contribution in [2.24, 2.45) is 0 Å². The number of carbonyl (C=O) groups is 1. The number of benzene rings is 1. The Kier molecular flexibility index (Phi) is 5.97. The summed E-state index contributed by atoms with van der Waals surface area (Å²) in [4.78, 5) is 23.8. The van der Waals surface area contributed by atoms with Gasteiger partial charge in [0.2, 0.25) is 5.91 Å². The molecule has 4 aromatic rings. The molecule has 33 heavy (non-hydrogen) atoms. The Hall–Kier alpha value is -3.81. The maximum atomic E-state index is 13.1. The molecule has 1 atom stereocenters. The molecule has 1 aliphatic heterocycles. The van der Waals surface area contributed by atoms with Crippen LogP contribution in [0.15, 0.2) is 60.8 Å². The van der Waals surface area contributed by atoms with Crippen molar-refractivity contribution in [3.05, 3.63) is 83.6 Å². The zero-order chi connectivity index (χ0) is 22.6. The van der Waals surface area contributed by atoms with E-state index in [1.807, 2.05) is 35.2 Å². The van der Waals surface area contributed by atoms with Crippen LogP contribution in [0.1, 0.15) is 35.7 Å². The lowest BCUT2D eigenvalue weighted by Gasteiger charge is -2.32. The van der Waals surface area contributed by atoms with Gasteiger partial charge < -0.3 is 10.2 Å². The fraction of sp³-hybridized carbons (Fsp3) is 0.280. The Balaban J connectivity index is 1.25. The first-order valence-corrected chi connectivity index (χ1v) is 11.2. The molecule has 2 N–H and O–H groups in total. The van der Waals surface area contributed by atoms with Gasteiger partial charge in [0.25, 0.3) is 0 Å². The lowest BCUT2D eigenvalue weighted by atomic mass is 9.93. The lowest BCUT2D eigenvalue weighted by Crippen LogP contribution is -2.40. The molecule has 4 heterocycles. The van der Waals surface area contributed by atoms with E-state index in [1.165, 1.54) is 12.1 Å². The predicted molar refractivity (Wildman–Crippen MR) is 124 cm³/mol. The summed E-state index contributed by atoms with van der Waals surface area (Å²) in [5.74, 6) is 0.757. The third-order valence-corrected chi connectivity index (χ3v) is 6.07. The number of likely N-dealkylation sites (tertiary alicyclic amines) is 1. The van der Waals surface area contributed by atoms with Crippen LogP contribution in [0.2, 0.25) is 0 Å². The highest BCUT2D eigenvalue weighted by atomic mass is 19.1. The molecule has 1 aromatic carbocycles. The number of hydrogen-bond donors (Lipinski definition) is 2. The summed E-state index contributed by atoms with van der Waals surface area (Å²) >= 11 is 0. The Morgan fingerprint density at radius 2 is 2.03 bits per heavy atom. The quantitative estimate of drug-likeness (QED) is 0.469. The zero-order valence-electron chi connectivity index (χ0n) is 18.2. The summed E-state index contributed by atoms with van der Waals surface area (Å²) < 4.78 is 13.1. The molecular weight excluding hydrogens is 419 g/mol. The van der Waals surface area contributed by atoms with Crippen LogP contribution in [0, 0.1) is 5.82 Å². The van der Waals surface area contributed by atoms with Gasteiger partial charge in [-0.05, 0) is 54.8 Å². The fourth-order valence-corrected chi connectivity index (χ4v) is 4.28. The van der Waals surface area contributed by atoms with Crippen LogP contribution in [0.4, 0.5) is 10.2 Å². The van der Waals surface area contributed by atoms with E-state index in [4.69, 9.17) is 4.98 Å². The zero-order valence-corrected chi connectivity index (χ0v) is 18.2. The average molecular weight is 445 g/mol. The number of nitrogens with one attached hydrogen (secondary N) is 2. The molecule has 1 unspecified atom stereocenters. The molecule has 7 nitrogen and oxygen atoms in total. The molecule has 168 valence electrons. The number of fused-ring (bicyclic) bond motifs is 1. The standard InChI is InChI=1S/C25H25FN6O/c26-19-8-6-17(7-9-19)15-28-24-21-10-11-22(29-25(21)31-30-24)18-4-3-13-32(16-18)23(33)14-20-5-1-2-12-27-20/h1-2,5-12,18H,3-4,13-16H2,(H2,28,29,30,31). The Bertz CT molecular complexity index is 1240. The molecule has 1 fully saturated rings. The maximum absolute atomic E-state index is 13.1. The molecule has 1 aliphatic rings. The number of pyridine rings is 2. The summed E-state index contributed by atoms with van der Waals surface area (Å²) in [6.07, 6.45) is 3.99. The number of aromatic nitrogens is 4. The molecule has 0 spiro atoms. The SMILES string of the molecule is O=C(Cc1ccccn1)N1CCCC(c2ccc3c(NCc4ccc(F)cc4)n[nH]c3n2)C1. The van der Waals surface area contributed by atoms with E-state index in [-0.39, 0.29) is 17.6 Å². The van der Waals surface area contributed by atoms with Crippen molar-refractivity contribution in [3.8, 4) is 0 Å². The summed E-state index contributed by atoms with van der Waals surface area (Å²) in [6.45, 7) is 1.97. The van der Waals surface area contributed by atoms with Crippen molar-refractivity contribution in [1.29, 1.82) is 0 Å². The highest BCUT2D eigenvalue weighted by Crippen LogP contribution is 2.28. The van der Waals surface area contributed by atoms with Gasteiger partial charge in [-0.1, -0.05) is 18.2 Å². The average Bonchev–Trinajstić information content (AvgIpc) is 3.26. The van der Waals surface area contributed by atoms with E-state index in [0.717, 1.165) is 41.7 Å². The van der Waals surface area contributed by atoms with Crippen molar-refractivity contribution >= 4 is 22.8 Å². The molecule has 3 aromatic heterocycles. The van der Waals surface area contributed by atoms with Gasteiger partial charge in [0, 0.05) is 43.1 Å². The van der Waals surface area contributed by atoms with Crippen molar-refractivity contribution in [2.45, 2.75) is 31.7 Å². The van der Waals surface area contributed by atoms with Gasteiger partial charge in [-0.2, -0.15) is 5.10 Å². The van der Waals surface area contributed by atoms with Gasteiger partial charge in [-0.15, -0.1) is 0 Å². The van der Waals surface area contributed by atoms with Crippen LogP contribution < -0.4 is 5.32 Å². The number of aromatic amines is 1. The monoisotopic (exact) mass is 444 g/mol. The summed E-state index contributed by atoms with van der Waals surface area (Å²) in [5.41, 5.74) is 3.44. The van der Waals surface area contributed by atoms with Gasteiger partial charge >= 0.3 is 0 Å². The number of halogens is 1. The summed E-state index contributed by atoms with van der Waals surface area (Å²) in [6, 6.07) is 16.1. The van der Waals surface area contributed by atoms with Crippen LogP contribution in [0.3, 0.4) is 0 Å². The smallest absolute Gasteiger partial charge is 0.228 e. The Morgan fingerprint density at radius 1 is 1.15 bits per heavy atom. The fourth-order valence-electron chi connectivity index (χ4n) is 4.28. The molecule has 0 radical (unpaired) electrons. The van der Waals surface area contributed by atoms with Crippen LogP contribution in [-0.2, 0) is 17.8 Å². The number of rotatable bonds is 6. The molecule has 0 aliphatic carbocycles. The lowest BCUT2D eigenvalue weighted by molar-refractivity contribution is -0.131. The first-order chi connectivity index (χ1) is 16.2. The van der Waals surface area contributed by atoms with Crippen molar-refractivity contribution in [1.82, 2.24) is 25.1 Å². The Labute approximate surface area is 191 Å². The number of anilines is 1. The van der Waals surface area contributed by atoms with Crippen LogP contribution in [-0.4, -0.2) is 44.1 Å². The largest absolute Gasteiger partial charge is 0.364 e. The topological polar surface area (TPSA) is 86.8 Å². The minimum atomic E-state index is -0.250. The van der Waals surface area contributed by atoms with Crippen LogP contribution in [0.5, 0.6) is 0 Å². The van der Waals surface area contributed by atoms with Crippen molar-refractivity contribution in [2.75, 3.05) is 18.4 Å². The molecule has 5 rings (SSSR count). The van der Waals surface area contributed by atoms with E-state index in [1.54, 1.807) is 18.3 Å². The first kappa shape index (κ1) is 21.1. The number of amides is 1. The van der Waals surface area contributed by atoms with Gasteiger partial charge in [-0.25, -0.2) is 9.37 Å². The van der Waals surface area contributed by atoms with E-state index < -0.39 is 0 Å². The second-order valence-electron chi connectivity index (χ2n) is 8.36. The molecule has 0 saturated carbocycles. The highest BCUT2D eigenvalue weighted by molar-refractivity contribution is 5.87. The summed E-state index contributed by atoms with van der Waals surface area (Å²) in [7, 11) is 0. The minimum Gasteiger partial charge on any atom is -0.364 e. The molecule has 0 bridgehead atoms. The third-order valence-electron chi connectivity index (χ3n) is 6.07. The molecule has 8 heteroatoms. The highest BCUT2D eigenvalue weighted by Gasteiger charge is 2.26. The molecule has 1 saturated heterocycles. The van der Waals surface area contributed by atoms with Gasteiger partial charge in [-0.3, -0.25) is 14.9 Å². The van der Waals surface area contributed by atoms with E-state index in [2.05, 4.69) is 20.5 Å². The molecular formula is C25H25FN6O. The maximum Gasteiger partial charge on any atom is 0.228 e. The van der Waals surface area contributed by atoms with Crippen LogP contribution >= 0.6 is 0 Å². The van der Waals surface area contributed by atoms with Crippen molar-refractivity contribution < 1.29 is 9.18 Å². The number of hydrogen-bond acceptors (Lipinski definition) is 5. The van der Waals surface area contributed by atoms with Gasteiger partial charge in [0.1, 0.15) is 5.82 Å². The third kappa shape index (κ3) is 4.84. The van der Waals surface area contributed by atoms with Gasteiger partial charge in [0.15, 0.2) is 11.5 Å². The number of nitrogens with zero attached hydrogens (tertiary/aromatic N) is 4. The number of piperidine rings is 1. The second kappa shape index (κ2) is 9.36. The Morgan fingerprint density at radius 3 is 2.85 bits per heavy atom. The minimum absolute atomic E-state index is 0.105. The van der Waals surface area contributed by atoms with E-state index >= 15 is 0 Å². The summed E-state index contributed by atoms with van der Waals surface area (Å²) in [5, 5.41) is 11.6. The van der Waals surface area contributed by atoms with E-state index in [9.17, 15) is 9.18 Å². The molecule has 1 amide bonds.